The van der Waals surface area contributed by atoms with Gasteiger partial charge >= 0.3 is 0 Å². The number of benzene rings is 1. The first-order valence-electron chi connectivity index (χ1n) is 9.61. The molecular weight excluding hydrogens is 296 g/mol. The van der Waals surface area contributed by atoms with Gasteiger partial charge in [-0.3, -0.25) is 4.90 Å². The van der Waals surface area contributed by atoms with Crippen LogP contribution >= 0.6 is 0 Å². The molecule has 3 atom stereocenters. The van der Waals surface area contributed by atoms with Crippen LogP contribution in [0.1, 0.15) is 24.4 Å². The maximum Gasteiger partial charge on any atom is 0.0357 e. The summed E-state index contributed by atoms with van der Waals surface area (Å²) in [5.74, 6) is 0. The fourth-order valence-electron chi connectivity index (χ4n) is 4.02. The van der Waals surface area contributed by atoms with Gasteiger partial charge in [0.15, 0.2) is 0 Å². The standard InChI is InChI=1S/C20H34N4/c1-21-10-6-11-23-16-14-22(2)20(19-7-4-3-5-8-19)9-12-24(15-13-21)18-17-23/h3-5,7-8,20H,6,9-18H2,1-2H3. The fraction of sp³-hybridized carbons (Fsp3) is 0.700. The minimum Gasteiger partial charge on any atom is -0.305 e. The van der Waals surface area contributed by atoms with Crippen LogP contribution in [-0.4, -0.2) is 92.6 Å². The molecule has 0 N–H and O–H groups in total. The van der Waals surface area contributed by atoms with E-state index in [1.54, 1.807) is 0 Å². The normalized spacial score (nSPS) is 31.7. The molecule has 2 saturated heterocycles. The number of nitrogens with zero attached hydrogens (tertiary/aromatic N) is 4. The maximum atomic E-state index is 2.68. The fourth-order valence-corrected chi connectivity index (χ4v) is 4.02. The smallest absolute Gasteiger partial charge is 0.0357 e. The molecule has 0 saturated carbocycles. The molecular formula is C20H34N4. The Balaban J connectivity index is 1.74. The summed E-state index contributed by atoms with van der Waals surface area (Å²) >= 11 is 0. The maximum absolute atomic E-state index is 2.68. The Morgan fingerprint density at radius 1 is 0.708 bits per heavy atom. The Kier molecular flexibility index (Phi) is 6.67. The zero-order valence-electron chi connectivity index (χ0n) is 15.5. The molecule has 2 aliphatic rings. The van der Waals surface area contributed by atoms with E-state index in [-0.39, 0.29) is 0 Å². The van der Waals surface area contributed by atoms with Crippen LogP contribution in [0.2, 0.25) is 0 Å². The monoisotopic (exact) mass is 330 g/mol. The van der Waals surface area contributed by atoms with Crippen molar-refractivity contribution in [1.29, 1.82) is 0 Å². The molecule has 0 aliphatic carbocycles. The van der Waals surface area contributed by atoms with E-state index in [0.29, 0.717) is 6.04 Å². The number of likely N-dealkylation sites (N-methyl/N-ethyl adjacent to an activating group) is 2. The van der Waals surface area contributed by atoms with Crippen molar-refractivity contribution < 1.29 is 0 Å². The van der Waals surface area contributed by atoms with Crippen molar-refractivity contribution in [3.05, 3.63) is 35.9 Å². The van der Waals surface area contributed by atoms with Gasteiger partial charge in [0.2, 0.25) is 0 Å². The molecule has 0 radical (unpaired) electrons. The van der Waals surface area contributed by atoms with Crippen LogP contribution in [0, 0.1) is 0 Å². The van der Waals surface area contributed by atoms with E-state index in [0.717, 1.165) is 6.54 Å². The highest BCUT2D eigenvalue weighted by molar-refractivity contribution is 5.19. The summed E-state index contributed by atoms with van der Waals surface area (Å²) in [5, 5.41) is 0. The minimum absolute atomic E-state index is 0.536. The first kappa shape index (κ1) is 17.9. The van der Waals surface area contributed by atoms with Crippen molar-refractivity contribution in [1.82, 2.24) is 19.6 Å². The van der Waals surface area contributed by atoms with Gasteiger partial charge in [-0.25, -0.2) is 0 Å². The molecule has 134 valence electrons. The molecule has 2 fully saturated rings. The van der Waals surface area contributed by atoms with Gasteiger partial charge in [-0.2, -0.15) is 0 Å². The van der Waals surface area contributed by atoms with Crippen LogP contribution in [0.4, 0.5) is 0 Å². The first-order valence-corrected chi connectivity index (χ1v) is 9.61. The summed E-state index contributed by atoms with van der Waals surface area (Å²) < 4.78 is 0. The zero-order valence-corrected chi connectivity index (χ0v) is 15.5. The van der Waals surface area contributed by atoms with E-state index in [4.69, 9.17) is 0 Å². The highest BCUT2D eigenvalue weighted by Gasteiger charge is 2.22. The van der Waals surface area contributed by atoms with Crippen LogP contribution in [-0.2, 0) is 0 Å². The molecule has 4 nitrogen and oxygen atoms in total. The second-order valence-electron chi connectivity index (χ2n) is 7.54. The number of hydrogen-bond donors (Lipinski definition) is 0. The summed E-state index contributed by atoms with van der Waals surface area (Å²) in [6.07, 6.45) is 2.52. The molecule has 4 heteroatoms. The lowest BCUT2D eigenvalue weighted by atomic mass is 10.0. The Labute approximate surface area is 148 Å². The molecule has 1 aromatic rings. The third-order valence-electron chi connectivity index (χ3n) is 5.75. The van der Waals surface area contributed by atoms with Gasteiger partial charge in [0.05, 0.1) is 0 Å². The molecule has 3 unspecified atom stereocenters. The van der Waals surface area contributed by atoms with Crippen molar-refractivity contribution in [3.8, 4) is 0 Å². The van der Waals surface area contributed by atoms with Gasteiger partial charge in [-0.15, -0.1) is 0 Å². The van der Waals surface area contributed by atoms with Gasteiger partial charge in [0.25, 0.3) is 0 Å². The summed E-state index contributed by atoms with van der Waals surface area (Å²) in [6, 6.07) is 11.6. The second kappa shape index (κ2) is 8.95. The van der Waals surface area contributed by atoms with Crippen LogP contribution in [0.25, 0.3) is 0 Å². The highest BCUT2D eigenvalue weighted by Crippen LogP contribution is 2.24. The predicted molar refractivity (Wildman–Crippen MR) is 101 cm³/mol. The largest absolute Gasteiger partial charge is 0.305 e. The van der Waals surface area contributed by atoms with Gasteiger partial charge in [0, 0.05) is 51.9 Å². The summed E-state index contributed by atoms with van der Waals surface area (Å²) in [4.78, 5) is 10.4. The molecule has 0 spiro atoms. The Morgan fingerprint density at radius 3 is 2.17 bits per heavy atom. The van der Waals surface area contributed by atoms with E-state index in [1.165, 1.54) is 70.8 Å². The zero-order chi connectivity index (χ0) is 16.8. The molecule has 2 heterocycles. The second-order valence-corrected chi connectivity index (χ2v) is 7.54. The Hall–Kier alpha value is -0.940. The van der Waals surface area contributed by atoms with Crippen LogP contribution in [0.15, 0.2) is 30.3 Å². The lowest BCUT2D eigenvalue weighted by Crippen LogP contribution is -2.46. The molecule has 0 aromatic heterocycles. The molecule has 2 bridgehead atoms. The van der Waals surface area contributed by atoms with Crippen LogP contribution in [0.5, 0.6) is 0 Å². The van der Waals surface area contributed by atoms with E-state index >= 15 is 0 Å². The van der Waals surface area contributed by atoms with Crippen molar-refractivity contribution in [3.63, 3.8) is 0 Å². The average molecular weight is 331 g/mol. The predicted octanol–water partition coefficient (Wildman–Crippen LogP) is 2.00. The lowest BCUT2D eigenvalue weighted by Gasteiger charge is -2.37. The number of fused-ring (bicyclic) bond motifs is 3. The number of rotatable bonds is 1. The third kappa shape index (κ3) is 5.03. The summed E-state index contributed by atoms with van der Waals surface area (Å²) in [7, 11) is 4.58. The van der Waals surface area contributed by atoms with E-state index in [1.807, 2.05) is 0 Å². The summed E-state index contributed by atoms with van der Waals surface area (Å²) in [6.45, 7) is 10.9. The van der Waals surface area contributed by atoms with Crippen molar-refractivity contribution in [2.24, 2.45) is 0 Å². The molecule has 1 aromatic carbocycles. The molecule has 3 rings (SSSR count). The number of hydrogen-bond acceptors (Lipinski definition) is 4. The van der Waals surface area contributed by atoms with Crippen molar-refractivity contribution in [2.75, 3.05) is 73.0 Å². The van der Waals surface area contributed by atoms with Gasteiger partial charge < -0.3 is 14.7 Å². The first-order chi connectivity index (χ1) is 11.7. The Morgan fingerprint density at radius 2 is 1.38 bits per heavy atom. The van der Waals surface area contributed by atoms with Gasteiger partial charge in [0.1, 0.15) is 0 Å². The average Bonchev–Trinajstić information content (AvgIpc) is 2.61. The van der Waals surface area contributed by atoms with Crippen LogP contribution < -0.4 is 0 Å². The van der Waals surface area contributed by atoms with Crippen molar-refractivity contribution >= 4 is 0 Å². The molecule has 2 aliphatic heterocycles. The Bertz CT molecular complexity index is 478. The van der Waals surface area contributed by atoms with Gasteiger partial charge in [-0.05, 0) is 45.6 Å². The quantitative estimate of drug-likeness (QED) is 0.781. The topological polar surface area (TPSA) is 13.0 Å². The van der Waals surface area contributed by atoms with Gasteiger partial charge in [-0.1, -0.05) is 30.3 Å². The molecule has 24 heavy (non-hydrogen) atoms. The lowest BCUT2D eigenvalue weighted by molar-refractivity contribution is 0.112. The van der Waals surface area contributed by atoms with Crippen LogP contribution in [0.3, 0.4) is 0 Å². The minimum atomic E-state index is 0.536. The highest BCUT2D eigenvalue weighted by atomic mass is 15.3. The SMILES string of the molecule is CN1CCCN2CCN(CCC(c3ccccc3)N(C)CC2)CC1. The van der Waals surface area contributed by atoms with Crippen molar-refractivity contribution in [2.45, 2.75) is 18.9 Å². The molecule has 0 amide bonds. The van der Waals surface area contributed by atoms with E-state index < -0.39 is 0 Å². The van der Waals surface area contributed by atoms with E-state index in [9.17, 15) is 0 Å². The van der Waals surface area contributed by atoms with E-state index in [2.05, 4.69) is 64.0 Å². The summed E-state index contributed by atoms with van der Waals surface area (Å²) in [5.41, 5.74) is 1.47. The third-order valence-corrected chi connectivity index (χ3v) is 5.75.